The highest BCUT2D eigenvalue weighted by Crippen LogP contribution is 2.26. The lowest BCUT2D eigenvalue weighted by atomic mass is 10.0. The van der Waals surface area contributed by atoms with Crippen LogP contribution >= 0.6 is 11.8 Å². The number of para-hydroxylation sites is 1. The van der Waals surface area contributed by atoms with Crippen molar-refractivity contribution in [2.24, 2.45) is 0 Å². The number of anilines is 1. The van der Waals surface area contributed by atoms with Gasteiger partial charge >= 0.3 is 0 Å². The van der Waals surface area contributed by atoms with Gasteiger partial charge < -0.3 is 4.90 Å². The van der Waals surface area contributed by atoms with E-state index < -0.39 is 0 Å². The molecule has 0 fully saturated rings. The summed E-state index contributed by atoms with van der Waals surface area (Å²) in [5.41, 5.74) is 8.20. The molecule has 0 unspecified atom stereocenters. The molecule has 6 heteroatoms. The van der Waals surface area contributed by atoms with Crippen LogP contribution in [0, 0.1) is 0 Å². The van der Waals surface area contributed by atoms with Gasteiger partial charge in [-0.3, -0.25) is 20.4 Å². The number of benzene rings is 2. The van der Waals surface area contributed by atoms with Gasteiger partial charge in [0.25, 0.3) is 11.8 Å². The van der Waals surface area contributed by atoms with E-state index in [0.717, 1.165) is 30.6 Å². The summed E-state index contributed by atoms with van der Waals surface area (Å²) in [7, 11) is 0. The molecule has 1 aliphatic rings. The lowest BCUT2D eigenvalue weighted by Crippen LogP contribution is -2.47. The van der Waals surface area contributed by atoms with Gasteiger partial charge in [0.2, 0.25) is 0 Å². The summed E-state index contributed by atoms with van der Waals surface area (Å²) in [6.45, 7) is 1.06. The number of carbonyl (C=O) groups is 2. The molecule has 0 radical (unpaired) electrons. The SMILES string of the molecule is CSc1ccc(C=CC(=O)NNC(=O)CN2CCCc3ccccc32)cc1. The molecule has 2 aromatic carbocycles. The van der Waals surface area contributed by atoms with Gasteiger partial charge in [-0.2, -0.15) is 0 Å². The van der Waals surface area contributed by atoms with Gasteiger partial charge in [-0.05, 0) is 54.5 Å². The number of nitrogens with one attached hydrogen (secondary N) is 2. The zero-order valence-corrected chi connectivity index (χ0v) is 16.1. The van der Waals surface area contributed by atoms with Gasteiger partial charge in [0.1, 0.15) is 0 Å². The number of hydrogen-bond acceptors (Lipinski definition) is 4. The molecule has 1 aliphatic heterocycles. The van der Waals surface area contributed by atoms with Crippen LogP contribution < -0.4 is 15.8 Å². The summed E-state index contributed by atoms with van der Waals surface area (Å²) in [4.78, 5) is 27.3. The molecule has 0 aromatic heterocycles. The van der Waals surface area contributed by atoms with E-state index >= 15 is 0 Å². The topological polar surface area (TPSA) is 61.4 Å². The van der Waals surface area contributed by atoms with E-state index in [1.165, 1.54) is 16.5 Å². The van der Waals surface area contributed by atoms with Crippen LogP contribution in [0.3, 0.4) is 0 Å². The predicted octanol–water partition coefficient (Wildman–Crippen LogP) is 3.02. The number of nitrogens with zero attached hydrogens (tertiary/aromatic N) is 1. The monoisotopic (exact) mass is 381 g/mol. The first-order chi connectivity index (χ1) is 13.2. The Balaban J connectivity index is 1.47. The number of aryl methyl sites for hydroxylation is 1. The van der Waals surface area contributed by atoms with Crippen LogP contribution in [0.4, 0.5) is 5.69 Å². The molecule has 0 aliphatic carbocycles. The Morgan fingerprint density at radius 3 is 2.67 bits per heavy atom. The minimum absolute atomic E-state index is 0.219. The third-order valence-corrected chi connectivity index (χ3v) is 5.15. The minimum Gasteiger partial charge on any atom is -0.362 e. The molecule has 3 rings (SSSR count). The number of hydrazine groups is 1. The number of amides is 2. The van der Waals surface area contributed by atoms with Gasteiger partial charge in [-0.1, -0.05) is 30.3 Å². The average Bonchev–Trinajstić information content (AvgIpc) is 2.71. The molecule has 140 valence electrons. The number of rotatable bonds is 5. The van der Waals surface area contributed by atoms with Crippen molar-refractivity contribution in [2.75, 3.05) is 24.2 Å². The van der Waals surface area contributed by atoms with Crippen LogP contribution in [0.25, 0.3) is 6.08 Å². The molecule has 0 saturated heterocycles. The van der Waals surface area contributed by atoms with Gasteiger partial charge in [0.05, 0.1) is 6.54 Å². The molecule has 0 bridgehead atoms. The van der Waals surface area contributed by atoms with Crippen LogP contribution in [0.5, 0.6) is 0 Å². The van der Waals surface area contributed by atoms with E-state index in [2.05, 4.69) is 16.9 Å². The highest BCUT2D eigenvalue weighted by molar-refractivity contribution is 7.98. The van der Waals surface area contributed by atoms with E-state index in [1.54, 1.807) is 17.8 Å². The first-order valence-corrected chi connectivity index (χ1v) is 10.1. The first kappa shape index (κ1) is 19.0. The Hall–Kier alpha value is -2.73. The average molecular weight is 382 g/mol. The minimum atomic E-state index is -0.365. The van der Waals surface area contributed by atoms with Crippen molar-refractivity contribution in [3.05, 3.63) is 65.7 Å². The molecule has 5 nitrogen and oxygen atoms in total. The fourth-order valence-corrected chi connectivity index (χ4v) is 3.46. The van der Waals surface area contributed by atoms with Crippen molar-refractivity contribution >= 4 is 35.3 Å². The highest BCUT2D eigenvalue weighted by Gasteiger charge is 2.18. The quantitative estimate of drug-likeness (QED) is 0.475. The zero-order chi connectivity index (χ0) is 19.1. The van der Waals surface area contributed by atoms with E-state index in [9.17, 15) is 9.59 Å². The maximum absolute atomic E-state index is 12.2. The van der Waals surface area contributed by atoms with Crippen molar-refractivity contribution in [3.63, 3.8) is 0 Å². The van der Waals surface area contributed by atoms with E-state index in [0.29, 0.717) is 0 Å². The number of carbonyl (C=O) groups excluding carboxylic acids is 2. The Kier molecular flexibility index (Phi) is 6.54. The Bertz CT molecular complexity index is 834. The molecule has 27 heavy (non-hydrogen) atoms. The maximum atomic E-state index is 12.2. The molecular weight excluding hydrogens is 358 g/mol. The summed E-state index contributed by atoms with van der Waals surface area (Å²) >= 11 is 1.67. The molecule has 2 amide bonds. The second-order valence-electron chi connectivity index (χ2n) is 6.30. The molecular formula is C21H23N3O2S. The summed E-state index contributed by atoms with van der Waals surface area (Å²) in [5.74, 6) is -0.603. The second kappa shape index (κ2) is 9.28. The van der Waals surface area contributed by atoms with Gasteiger partial charge in [0, 0.05) is 23.2 Å². The fraction of sp³-hybridized carbons (Fsp3) is 0.238. The van der Waals surface area contributed by atoms with Crippen LogP contribution in [0.1, 0.15) is 17.5 Å². The van der Waals surface area contributed by atoms with Crippen LogP contribution in [0.2, 0.25) is 0 Å². The number of hydrogen-bond donors (Lipinski definition) is 2. The lowest BCUT2D eigenvalue weighted by Gasteiger charge is -2.30. The predicted molar refractivity (Wildman–Crippen MR) is 111 cm³/mol. The van der Waals surface area contributed by atoms with Crippen LogP contribution in [-0.4, -0.2) is 31.2 Å². The highest BCUT2D eigenvalue weighted by atomic mass is 32.2. The number of fused-ring (bicyclic) bond motifs is 1. The smallest absolute Gasteiger partial charge is 0.262 e. The second-order valence-corrected chi connectivity index (χ2v) is 7.18. The van der Waals surface area contributed by atoms with Crippen molar-refractivity contribution in [2.45, 2.75) is 17.7 Å². The van der Waals surface area contributed by atoms with Crippen molar-refractivity contribution in [1.82, 2.24) is 10.9 Å². The summed E-state index contributed by atoms with van der Waals surface area (Å²) in [6, 6.07) is 16.0. The third-order valence-electron chi connectivity index (χ3n) is 4.41. The number of thioether (sulfide) groups is 1. The molecule has 1 heterocycles. The van der Waals surface area contributed by atoms with Crippen LogP contribution in [0.15, 0.2) is 59.5 Å². The summed E-state index contributed by atoms with van der Waals surface area (Å²) < 4.78 is 0. The largest absolute Gasteiger partial charge is 0.362 e. The van der Waals surface area contributed by atoms with E-state index in [1.807, 2.05) is 53.6 Å². The van der Waals surface area contributed by atoms with Crippen LogP contribution in [-0.2, 0) is 16.0 Å². The standard InChI is InChI=1S/C21H23N3O2S/c1-27-18-11-8-16(9-12-18)10-13-20(25)22-23-21(26)15-24-14-4-6-17-5-2-3-7-19(17)24/h2-3,5,7-13H,4,6,14-15H2,1H3,(H,22,25)(H,23,26). The van der Waals surface area contributed by atoms with Gasteiger partial charge in [0.15, 0.2) is 0 Å². The third kappa shape index (κ3) is 5.37. The zero-order valence-electron chi connectivity index (χ0n) is 15.3. The van der Waals surface area contributed by atoms with E-state index in [4.69, 9.17) is 0 Å². The maximum Gasteiger partial charge on any atom is 0.262 e. The van der Waals surface area contributed by atoms with Crippen molar-refractivity contribution in [1.29, 1.82) is 0 Å². The Morgan fingerprint density at radius 1 is 1.11 bits per heavy atom. The molecule has 2 aromatic rings. The molecule has 0 atom stereocenters. The lowest BCUT2D eigenvalue weighted by molar-refractivity contribution is -0.125. The van der Waals surface area contributed by atoms with Gasteiger partial charge in [-0.25, -0.2) is 0 Å². The first-order valence-electron chi connectivity index (χ1n) is 8.89. The van der Waals surface area contributed by atoms with Gasteiger partial charge in [-0.15, -0.1) is 11.8 Å². The van der Waals surface area contributed by atoms with Crippen molar-refractivity contribution in [3.8, 4) is 0 Å². The normalized spacial score (nSPS) is 13.3. The van der Waals surface area contributed by atoms with Crippen molar-refractivity contribution < 1.29 is 9.59 Å². The summed E-state index contributed by atoms with van der Waals surface area (Å²) in [6.07, 6.45) is 7.20. The molecule has 0 saturated carbocycles. The Labute approximate surface area is 163 Å². The van der Waals surface area contributed by atoms with E-state index in [-0.39, 0.29) is 18.4 Å². The molecule has 2 N–H and O–H groups in total. The fourth-order valence-electron chi connectivity index (χ4n) is 3.05. The molecule has 0 spiro atoms. The Morgan fingerprint density at radius 2 is 1.89 bits per heavy atom. The summed E-state index contributed by atoms with van der Waals surface area (Å²) in [5, 5.41) is 0.